The molecule has 2 N–H and O–H groups in total. The lowest BCUT2D eigenvalue weighted by Gasteiger charge is -2.03. The van der Waals surface area contributed by atoms with Gasteiger partial charge in [-0.25, -0.2) is 9.67 Å². The molecule has 0 unspecified atom stereocenters. The highest BCUT2D eigenvalue weighted by atomic mass is 15.3. The Morgan fingerprint density at radius 1 is 1.40 bits per heavy atom. The summed E-state index contributed by atoms with van der Waals surface area (Å²) in [6, 6.07) is 3.63. The molecule has 2 rings (SSSR count). The SMILES string of the molecule is CC(C)c1cnn(-c2ncccc2N)c1. The number of aromatic nitrogens is 3. The van der Waals surface area contributed by atoms with E-state index in [-0.39, 0.29) is 0 Å². The summed E-state index contributed by atoms with van der Waals surface area (Å²) in [5.41, 5.74) is 7.63. The summed E-state index contributed by atoms with van der Waals surface area (Å²) in [6.45, 7) is 4.26. The van der Waals surface area contributed by atoms with Gasteiger partial charge in [-0.2, -0.15) is 5.10 Å². The molecular formula is C11H14N4. The molecule has 0 aliphatic heterocycles. The average Bonchev–Trinajstić information content (AvgIpc) is 2.67. The normalized spacial score (nSPS) is 10.9. The molecule has 0 aromatic carbocycles. The van der Waals surface area contributed by atoms with Crippen molar-refractivity contribution in [1.29, 1.82) is 0 Å². The van der Waals surface area contributed by atoms with Gasteiger partial charge in [-0.1, -0.05) is 13.8 Å². The van der Waals surface area contributed by atoms with Crippen LogP contribution in [0.15, 0.2) is 30.7 Å². The van der Waals surface area contributed by atoms with Crippen LogP contribution in [0, 0.1) is 0 Å². The summed E-state index contributed by atoms with van der Waals surface area (Å²) in [5.74, 6) is 1.15. The van der Waals surface area contributed by atoms with Crippen molar-refractivity contribution in [2.45, 2.75) is 19.8 Å². The van der Waals surface area contributed by atoms with Crippen LogP contribution in [-0.2, 0) is 0 Å². The Labute approximate surface area is 88.8 Å². The molecule has 2 aromatic rings. The molecule has 0 amide bonds. The van der Waals surface area contributed by atoms with Crippen LogP contribution < -0.4 is 5.73 Å². The highest BCUT2D eigenvalue weighted by Gasteiger charge is 2.06. The maximum atomic E-state index is 5.81. The molecule has 0 spiro atoms. The molecule has 4 heteroatoms. The Bertz CT molecular complexity index is 459. The summed E-state index contributed by atoms with van der Waals surface area (Å²) >= 11 is 0. The van der Waals surface area contributed by atoms with E-state index in [4.69, 9.17) is 5.73 Å². The molecule has 0 aliphatic carbocycles. The molecule has 0 bridgehead atoms. The van der Waals surface area contributed by atoms with Crippen molar-refractivity contribution >= 4 is 5.69 Å². The van der Waals surface area contributed by atoms with Crippen LogP contribution in [0.4, 0.5) is 5.69 Å². The van der Waals surface area contributed by atoms with Gasteiger partial charge in [-0.3, -0.25) is 0 Å². The lowest BCUT2D eigenvalue weighted by atomic mass is 10.1. The third kappa shape index (κ3) is 1.83. The fourth-order valence-corrected chi connectivity index (χ4v) is 1.35. The Hall–Kier alpha value is -1.84. The molecule has 0 radical (unpaired) electrons. The minimum absolute atomic E-state index is 0.462. The number of nitrogens with two attached hydrogens (primary N) is 1. The number of hydrogen-bond acceptors (Lipinski definition) is 3. The number of pyridine rings is 1. The Balaban J connectivity index is 2.42. The average molecular weight is 202 g/mol. The molecule has 2 aromatic heterocycles. The van der Waals surface area contributed by atoms with Gasteiger partial charge in [0.15, 0.2) is 5.82 Å². The fourth-order valence-electron chi connectivity index (χ4n) is 1.35. The molecular weight excluding hydrogens is 188 g/mol. The molecule has 4 nitrogen and oxygen atoms in total. The van der Waals surface area contributed by atoms with E-state index in [1.807, 2.05) is 24.5 Å². The topological polar surface area (TPSA) is 56.7 Å². The number of nitrogen functional groups attached to an aromatic ring is 1. The summed E-state index contributed by atoms with van der Waals surface area (Å²) in [5, 5.41) is 4.24. The zero-order valence-corrected chi connectivity index (χ0v) is 8.88. The van der Waals surface area contributed by atoms with Crippen LogP contribution in [0.2, 0.25) is 0 Å². The second kappa shape index (κ2) is 3.73. The first kappa shape index (κ1) is 9.71. The van der Waals surface area contributed by atoms with Gasteiger partial charge in [0, 0.05) is 12.4 Å². The Kier molecular flexibility index (Phi) is 2.41. The van der Waals surface area contributed by atoms with Crippen molar-refractivity contribution in [2.75, 3.05) is 5.73 Å². The minimum atomic E-state index is 0.462. The smallest absolute Gasteiger partial charge is 0.176 e. The largest absolute Gasteiger partial charge is 0.396 e. The molecule has 0 aliphatic rings. The van der Waals surface area contributed by atoms with Crippen LogP contribution >= 0.6 is 0 Å². The zero-order valence-electron chi connectivity index (χ0n) is 8.88. The molecule has 0 saturated heterocycles. The van der Waals surface area contributed by atoms with E-state index in [0.29, 0.717) is 17.4 Å². The van der Waals surface area contributed by atoms with Gasteiger partial charge in [-0.15, -0.1) is 0 Å². The summed E-state index contributed by atoms with van der Waals surface area (Å²) in [4.78, 5) is 4.20. The highest BCUT2D eigenvalue weighted by Crippen LogP contribution is 2.17. The first-order chi connectivity index (χ1) is 7.18. The monoisotopic (exact) mass is 202 g/mol. The zero-order chi connectivity index (χ0) is 10.8. The van der Waals surface area contributed by atoms with Gasteiger partial charge in [0.05, 0.1) is 11.9 Å². The number of nitrogens with zero attached hydrogens (tertiary/aromatic N) is 3. The molecule has 0 saturated carbocycles. The van der Waals surface area contributed by atoms with Crippen molar-refractivity contribution in [3.8, 4) is 5.82 Å². The Morgan fingerprint density at radius 2 is 2.20 bits per heavy atom. The van der Waals surface area contributed by atoms with Gasteiger partial charge >= 0.3 is 0 Å². The van der Waals surface area contributed by atoms with E-state index in [1.54, 1.807) is 10.9 Å². The van der Waals surface area contributed by atoms with Gasteiger partial charge < -0.3 is 5.73 Å². The van der Waals surface area contributed by atoms with Crippen LogP contribution in [0.3, 0.4) is 0 Å². The van der Waals surface area contributed by atoms with Gasteiger partial charge in [-0.05, 0) is 23.6 Å². The molecule has 78 valence electrons. The van der Waals surface area contributed by atoms with Gasteiger partial charge in [0.2, 0.25) is 0 Å². The van der Waals surface area contributed by atoms with Gasteiger partial charge in [0.25, 0.3) is 0 Å². The van der Waals surface area contributed by atoms with Crippen molar-refractivity contribution in [3.63, 3.8) is 0 Å². The number of rotatable bonds is 2. The second-order valence-electron chi connectivity index (χ2n) is 3.79. The van der Waals surface area contributed by atoms with E-state index in [0.717, 1.165) is 0 Å². The van der Waals surface area contributed by atoms with Crippen LogP contribution in [0.25, 0.3) is 5.82 Å². The number of anilines is 1. The Morgan fingerprint density at radius 3 is 2.80 bits per heavy atom. The third-order valence-electron chi connectivity index (χ3n) is 2.30. The molecule has 2 heterocycles. The maximum absolute atomic E-state index is 5.81. The lowest BCUT2D eigenvalue weighted by molar-refractivity contribution is 0.841. The first-order valence-electron chi connectivity index (χ1n) is 4.94. The van der Waals surface area contributed by atoms with Crippen molar-refractivity contribution < 1.29 is 0 Å². The predicted molar refractivity (Wildman–Crippen MR) is 59.9 cm³/mol. The van der Waals surface area contributed by atoms with E-state index in [1.165, 1.54) is 5.56 Å². The van der Waals surface area contributed by atoms with E-state index < -0.39 is 0 Å². The van der Waals surface area contributed by atoms with Crippen molar-refractivity contribution in [1.82, 2.24) is 14.8 Å². The molecule has 15 heavy (non-hydrogen) atoms. The first-order valence-corrected chi connectivity index (χ1v) is 4.94. The molecule has 0 fully saturated rings. The van der Waals surface area contributed by atoms with E-state index >= 15 is 0 Å². The minimum Gasteiger partial charge on any atom is -0.396 e. The standard InChI is InChI=1S/C11H14N4/c1-8(2)9-6-14-15(7-9)11-10(12)4-3-5-13-11/h3-8H,12H2,1-2H3. The van der Waals surface area contributed by atoms with E-state index in [9.17, 15) is 0 Å². The lowest BCUT2D eigenvalue weighted by Crippen LogP contribution is -2.02. The van der Waals surface area contributed by atoms with Crippen LogP contribution in [0.5, 0.6) is 0 Å². The van der Waals surface area contributed by atoms with Crippen molar-refractivity contribution in [2.24, 2.45) is 0 Å². The van der Waals surface area contributed by atoms with Gasteiger partial charge in [0.1, 0.15) is 0 Å². The fraction of sp³-hybridized carbons (Fsp3) is 0.273. The summed E-state index contributed by atoms with van der Waals surface area (Å²) in [7, 11) is 0. The van der Waals surface area contributed by atoms with Crippen molar-refractivity contribution in [3.05, 3.63) is 36.3 Å². The predicted octanol–water partition coefficient (Wildman–Crippen LogP) is 1.97. The second-order valence-corrected chi connectivity index (χ2v) is 3.79. The van der Waals surface area contributed by atoms with E-state index in [2.05, 4.69) is 23.9 Å². The summed E-state index contributed by atoms with van der Waals surface area (Å²) in [6.07, 6.45) is 5.52. The third-order valence-corrected chi connectivity index (χ3v) is 2.30. The quantitative estimate of drug-likeness (QED) is 0.810. The molecule has 0 atom stereocenters. The van der Waals surface area contributed by atoms with Crippen LogP contribution in [0.1, 0.15) is 25.3 Å². The van der Waals surface area contributed by atoms with Crippen LogP contribution in [-0.4, -0.2) is 14.8 Å². The summed E-state index contributed by atoms with van der Waals surface area (Å²) < 4.78 is 1.71. The highest BCUT2D eigenvalue weighted by molar-refractivity contribution is 5.51. The maximum Gasteiger partial charge on any atom is 0.176 e. The number of hydrogen-bond donors (Lipinski definition) is 1.